The highest BCUT2D eigenvalue weighted by Crippen LogP contribution is 1.89. The molecule has 0 atom stereocenters. The number of hydrogen-bond acceptors (Lipinski definition) is 3. The SMILES string of the molecule is CCCO.NCCCCCO. The van der Waals surface area contributed by atoms with Crippen LogP contribution in [0.2, 0.25) is 0 Å². The van der Waals surface area contributed by atoms with Gasteiger partial charge in [0.1, 0.15) is 0 Å². The van der Waals surface area contributed by atoms with E-state index in [4.69, 9.17) is 15.9 Å². The van der Waals surface area contributed by atoms with E-state index < -0.39 is 0 Å². The summed E-state index contributed by atoms with van der Waals surface area (Å²) in [5.74, 6) is 0. The van der Waals surface area contributed by atoms with Crippen LogP contribution < -0.4 is 5.73 Å². The molecule has 0 unspecified atom stereocenters. The fraction of sp³-hybridized carbons (Fsp3) is 1.00. The average molecular weight is 163 g/mol. The van der Waals surface area contributed by atoms with Crippen LogP contribution in [0.3, 0.4) is 0 Å². The molecule has 0 fully saturated rings. The molecule has 0 heterocycles. The molecule has 0 rings (SSSR count). The Morgan fingerprint density at radius 3 is 1.82 bits per heavy atom. The van der Waals surface area contributed by atoms with Crippen LogP contribution >= 0.6 is 0 Å². The predicted octanol–water partition coefficient (Wildman–Crippen LogP) is 0.496. The third kappa shape index (κ3) is 25.8. The van der Waals surface area contributed by atoms with Crippen LogP contribution in [0, 0.1) is 0 Å². The quantitative estimate of drug-likeness (QED) is 0.517. The summed E-state index contributed by atoms with van der Waals surface area (Å²) >= 11 is 0. The molecule has 0 bridgehead atoms. The van der Waals surface area contributed by atoms with E-state index in [-0.39, 0.29) is 0 Å². The van der Waals surface area contributed by atoms with Gasteiger partial charge in [0.25, 0.3) is 0 Å². The van der Waals surface area contributed by atoms with Gasteiger partial charge in [-0.1, -0.05) is 6.92 Å². The minimum atomic E-state index is 0.306. The van der Waals surface area contributed by atoms with E-state index in [0.29, 0.717) is 13.2 Å². The van der Waals surface area contributed by atoms with Gasteiger partial charge in [0.05, 0.1) is 0 Å². The summed E-state index contributed by atoms with van der Waals surface area (Å²) in [6.07, 6.45) is 3.88. The maximum absolute atomic E-state index is 8.25. The Balaban J connectivity index is 0. The van der Waals surface area contributed by atoms with Gasteiger partial charge in [0.15, 0.2) is 0 Å². The molecule has 3 nitrogen and oxygen atoms in total. The second kappa shape index (κ2) is 16.5. The zero-order valence-electron chi connectivity index (χ0n) is 7.42. The summed E-state index contributed by atoms with van der Waals surface area (Å²) in [5.41, 5.74) is 5.19. The maximum atomic E-state index is 8.25. The van der Waals surface area contributed by atoms with E-state index in [0.717, 1.165) is 32.2 Å². The first-order chi connectivity index (χ1) is 5.33. The summed E-state index contributed by atoms with van der Waals surface area (Å²) in [6, 6.07) is 0. The van der Waals surface area contributed by atoms with Gasteiger partial charge in [-0.25, -0.2) is 0 Å². The van der Waals surface area contributed by atoms with Gasteiger partial charge in [-0.2, -0.15) is 0 Å². The molecule has 4 N–H and O–H groups in total. The number of unbranched alkanes of at least 4 members (excludes halogenated alkanes) is 2. The van der Waals surface area contributed by atoms with Crippen LogP contribution in [0.4, 0.5) is 0 Å². The van der Waals surface area contributed by atoms with Crippen molar-refractivity contribution in [3.63, 3.8) is 0 Å². The normalized spacial score (nSPS) is 8.73. The predicted molar refractivity (Wildman–Crippen MR) is 47.4 cm³/mol. The van der Waals surface area contributed by atoms with Gasteiger partial charge in [0.2, 0.25) is 0 Å². The van der Waals surface area contributed by atoms with Crippen molar-refractivity contribution in [3.05, 3.63) is 0 Å². The highest BCUT2D eigenvalue weighted by Gasteiger charge is 1.81. The fourth-order valence-electron chi connectivity index (χ4n) is 0.433. The van der Waals surface area contributed by atoms with Crippen molar-refractivity contribution in [2.75, 3.05) is 19.8 Å². The van der Waals surface area contributed by atoms with Crippen LogP contribution in [0.25, 0.3) is 0 Å². The third-order valence-corrected chi connectivity index (χ3v) is 1.09. The van der Waals surface area contributed by atoms with Crippen molar-refractivity contribution in [3.8, 4) is 0 Å². The summed E-state index contributed by atoms with van der Waals surface area (Å²) in [4.78, 5) is 0. The Morgan fingerprint density at radius 1 is 1.00 bits per heavy atom. The lowest BCUT2D eigenvalue weighted by molar-refractivity contribution is 0.283. The van der Waals surface area contributed by atoms with Crippen LogP contribution in [0.5, 0.6) is 0 Å². The van der Waals surface area contributed by atoms with Crippen molar-refractivity contribution >= 4 is 0 Å². The van der Waals surface area contributed by atoms with E-state index in [9.17, 15) is 0 Å². The molecular formula is C8H21NO2. The largest absolute Gasteiger partial charge is 0.396 e. The standard InChI is InChI=1S/C5H13NO.C3H8O/c6-4-2-1-3-5-7;1-2-3-4/h7H,1-6H2;4H,2-3H2,1H3. The molecule has 70 valence electrons. The van der Waals surface area contributed by atoms with E-state index in [1.807, 2.05) is 6.92 Å². The van der Waals surface area contributed by atoms with Gasteiger partial charge >= 0.3 is 0 Å². The lowest BCUT2D eigenvalue weighted by atomic mass is 10.2. The van der Waals surface area contributed by atoms with E-state index in [2.05, 4.69) is 0 Å². The van der Waals surface area contributed by atoms with Crippen LogP contribution in [-0.4, -0.2) is 30.0 Å². The summed E-state index contributed by atoms with van der Waals surface area (Å²) in [6.45, 7) is 3.31. The molecule has 0 aromatic heterocycles. The van der Waals surface area contributed by atoms with Gasteiger partial charge in [0, 0.05) is 13.2 Å². The van der Waals surface area contributed by atoms with Crippen molar-refractivity contribution in [1.29, 1.82) is 0 Å². The molecular weight excluding hydrogens is 142 g/mol. The molecule has 0 spiro atoms. The first-order valence-electron chi connectivity index (χ1n) is 4.25. The van der Waals surface area contributed by atoms with Gasteiger partial charge in [-0.15, -0.1) is 0 Å². The highest BCUT2D eigenvalue weighted by atomic mass is 16.3. The van der Waals surface area contributed by atoms with Crippen LogP contribution in [0.15, 0.2) is 0 Å². The molecule has 0 aliphatic rings. The number of aliphatic hydroxyl groups excluding tert-OH is 2. The van der Waals surface area contributed by atoms with Crippen molar-refractivity contribution < 1.29 is 10.2 Å². The van der Waals surface area contributed by atoms with Gasteiger partial charge < -0.3 is 15.9 Å². The first-order valence-corrected chi connectivity index (χ1v) is 4.25. The zero-order valence-corrected chi connectivity index (χ0v) is 7.42. The smallest absolute Gasteiger partial charge is 0.0431 e. The Bertz CT molecular complexity index is 45.4. The Morgan fingerprint density at radius 2 is 1.55 bits per heavy atom. The van der Waals surface area contributed by atoms with Crippen molar-refractivity contribution in [2.24, 2.45) is 5.73 Å². The minimum Gasteiger partial charge on any atom is -0.396 e. The zero-order chi connectivity index (χ0) is 8.95. The maximum Gasteiger partial charge on any atom is 0.0431 e. The molecule has 0 aliphatic heterocycles. The number of rotatable bonds is 5. The summed E-state index contributed by atoms with van der Waals surface area (Å²) in [5, 5.41) is 16.1. The average Bonchev–Trinajstić information content (AvgIpc) is 2.06. The molecule has 0 aromatic rings. The third-order valence-electron chi connectivity index (χ3n) is 1.09. The second-order valence-corrected chi connectivity index (χ2v) is 2.30. The highest BCUT2D eigenvalue weighted by molar-refractivity contribution is 4.38. The number of aliphatic hydroxyl groups is 2. The lowest BCUT2D eigenvalue weighted by Crippen LogP contribution is -1.98. The Hall–Kier alpha value is -0.120. The fourth-order valence-corrected chi connectivity index (χ4v) is 0.433. The number of hydrogen-bond donors (Lipinski definition) is 3. The van der Waals surface area contributed by atoms with Gasteiger partial charge in [-0.05, 0) is 32.2 Å². The van der Waals surface area contributed by atoms with E-state index >= 15 is 0 Å². The monoisotopic (exact) mass is 163 g/mol. The number of nitrogens with two attached hydrogens (primary N) is 1. The van der Waals surface area contributed by atoms with Crippen molar-refractivity contribution in [1.82, 2.24) is 0 Å². The van der Waals surface area contributed by atoms with E-state index in [1.54, 1.807) is 0 Å². The molecule has 0 saturated carbocycles. The minimum absolute atomic E-state index is 0.306. The Kier molecular flexibility index (Phi) is 20.2. The summed E-state index contributed by atoms with van der Waals surface area (Å²) < 4.78 is 0. The Labute approximate surface area is 69.2 Å². The first kappa shape index (κ1) is 13.5. The molecule has 3 heteroatoms. The molecule has 0 radical (unpaired) electrons. The van der Waals surface area contributed by atoms with Crippen LogP contribution in [0.1, 0.15) is 32.6 Å². The summed E-state index contributed by atoms with van der Waals surface area (Å²) in [7, 11) is 0. The molecule has 0 aromatic carbocycles. The second-order valence-electron chi connectivity index (χ2n) is 2.30. The molecule has 0 aliphatic carbocycles. The lowest BCUT2D eigenvalue weighted by Gasteiger charge is -1.90. The van der Waals surface area contributed by atoms with Gasteiger partial charge in [-0.3, -0.25) is 0 Å². The molecule has 0 amide bonds. The topological polar surface area (TPSA) is 66.5 Å². The molecule has 11 heavy (non-hydrogen) atoms. The molecule has 0 saturated heterocycles. The van der Waals surface area contributed by atoms with E-state index in [1.165, 1.54) is 0 Å². The van der Waals surface area contributed by atoms with Crippen molar-refractivity contribution in [2.45, 2.75) is 32.6 Å². The van der Waals surface area contributed by atoms with Crippen LogP contribution in [-0.2, 0) is 0 Å².